The Morgan fingerprint density at radius 1 is 1.13 bits per heavy atom. The second-order valence-electron chi connectivity index (χ2n) is 7.97. The third-order valence-corrected chi connectivity index (χ3v) is 4.53. The number of aliphatic imine (C=N–C) groups is 1. The molecule has 0 amide bonds. The van der Waals surface area contributed by atoms with Crippen molar-refractivity contribution in [2.75, 3.05) is 20.8 Å². The van der Waals surface area contributed by atoms with E-state index < -0.39 is 0 Å². The zero-order chi connectivity index (χ0) is 21.4. The lowest BCUT2D eigenvalue weighted by Crippen LogP contribution is -2.36. The Morgan fingerprint density at radius 3 is 2.43 bits per heavy atom. The normalized spacial score (nSPS) is 11.8. The molecular formula is C22H36IN5O2. The summed E-state index contributed by atoms with van der Waals surface area (Å²) < 4.78 is 13.2. The number of rotatable bonds is 8. The molecule has 1 heterocycles. The number of hydrogen-bond donors (Lipinski definition) is 2. The van der Waals surface area contributed by atoms with Crippen molar-refractivity contribution in [1.82, 2.24) is 20.4 Å². The second kappa shape index (κ2) is 12.1. The number of ether oxygens (including phenoxy) is 2. The number of guanidine groups is 1. The molecule has 0 bridgehead atoms. The average Bonchev–Trinajstić information content (AvgIpc) is 2.93. The Morgan fingerprint density at radius 2 is 1.80 bits per heavy atom. The van der Waals surface area contributed by atoms with Crippen LogP contribution in [0.25, 0.3) is 0 Å². The van der Waals surface area contributed by atoms with E-state index in [0.717, 1.165) is 35.2 Å². The zero-order valence-electron chi connectivity index (χ0n) is 19.2. The van der Waals surface area contributed by atoms with Crippen LogP contribution in [0.15, 0.2) is 29.3 Å². The first-order valence-corrected chi connectivity index (χ1v) is 9.98. The molecule has 0 aliphatic heterocycles. The summed E-state index contributed by atoms with van der Waals surface area (Å²) in [6.07, 6.45) is 0. The Hall–Kier alpha value is -1.81. The van der Waals surface area contributed by atoms with E-state index in [0.29, 0.717) is 19.7 Å². The highest BCUT2D eigenvalue weighted by molar-refractivity contribution is 14.0. The third-order valence-electron chi connectivity index (χ3n) is 4.53. The van der Waals surface area contributed by atoms with Gasteiger partial charge in [-0.15, -0.1) is 24.0 Å². The molecule has 0 fully saturated rings. The summed E-state index contributed by atoms with van der Waals surface area (Å²) in [4.78, 5) is 4.34. The number of aryl methyl sites for hydroxylation is 1. The zero-order valence-corrected chi connectivity index (χ0v) is 21.5. The molecule has 0 saturated carbocycles. The minimum Gasteiger partial charge on any atom is -0.488 e. The smallest absolute Gasteiger partial charge is 0.191 e. The highest BCUT2D eigenvalue weighted by atomic mass is 127. The van der Waals surface area contributed by atoms with Gasteiger partial charge in [0.05, 0.1) is 18.8 Å². The summed E-state index contributed by atoms with van der Waals surface area (Å²) in [6.45, 7) is 12.9. The third kappa shape index (κ3) is 7.79. The van der Waals surface area contributed by atoms with Gasteiger partial charge < -0.3 is 20.1 Å². The highest BCUT2D eigenvalue weighted by Crippen LogP contribution is 2.22. The van der Waals surface area contributed by atoms with Crippen molar-refractivity contribution < 1.29 is 9.47 Å². The fraction of sp³-hybridized carbons (Fsp3) is 0.545. The Bertz CT molecular complexity index is 827. The summed E-state index contributed by atoms with van der Waals surface area (Å²) >= 11 is 0. The number of nitrogens with one attached hydrogen (secondary N) is 2. The number of hydrogen-bond acceptors (Lipinski definition) is 4. The van der Waals surface area contributed by atoms with Crippen LogP contribution in [0.3, 0.4) is 0 Å². The molecule has 0 aliphatic carbocycles. The highest BCUT2D eigenvalue weighted by Gasteiger charge is 2.15. The fourth-order valence-corrected chi connectivity index (χ4v) is 3.04. The van der Waals surface area contributed by atoms with Gasteiger partial charge in [-0.3, -0.25) is 9.67 Å². The van der Waals surface area contributed by atoms with Gasteiger partial charge in [-0.05, 0) is 40.7 Å². The molecule has 1 aromatic heterocycles. The SMILES string of the molecule is CN=C(NCc1ccccc1OC(C)(C)C)NCc1c(C)nn(CCOC)c1C.I. The number of benzene rings is 1. The van der Waals surface area contributed by atoms with E-state index in [2.05, 4.69) is 54.5 Å². The lowest BCUT2D eigenvalue weighted by atomic mass is 10.1. The van der Waals surface area contributed by atoms with Crippen LogP contribution >= 0.6 is 24.0 Å². The van der Waals surface area contributed by atoms with Crippen molar-refractivity contribution in [2.45, 2.75) is 59.9 Å². The molecule has 0 atom stereocenters. The van der Waals surface area contributed by atoms with Gasteiger partial charge in [-0.25, -0.2) is 0 Å². The van der Waals surface area contributed by atoms with Crippen molar-refractivity contribution in [2.24, 2.45) is 4.99 Å². The van der Waals surface area contributed by atoms with E-state index in [1.54, 1.807) is 14.2 Å². The van der Waals surface area contributed by atoms with E-state index >= 15 is 0 Å². The Kier molecular flexibility index (Phi) is 10.6. The van der Waals surface area contributed by atoms with Crippen molar-refractivity contribution in [3.05, 3.63) is 46.8 Å². The van der Waals surface area contributed by atoms with Gasteiger partial charge in [0.2, 0.25) is 0 Å². The quantitative estimate of drug-likeness (QED) is 0.309. The van der Waals surface area contributed by atoms with Gasteiger partial charge in [-0.2, -0.15) is 5.10 Å². The maximum Gasteiger partial charge on any atom is 0.191 e. The lowest BCUT2D eigenvalue weighted by molar-refractivity contribution is 0.129. The summed E-state index contributed by atoms with van der Waals surface area (Å²) in [5.41, 5.74) is 4.19. The van der Waals surface area contributed by atoms with Crippen molar-refractivity contribution >= 4 is 29.9 Å². The van der Waals surface area contributed by atoms with E-state index in [4.69, 9.17) is 9.47 Å². The van der Waals surface area contributed by atoms with Gasteiger partial charge in [0.25, 0.3) is 0 Å². The molecule has 7 nitrogen and oxygen atoms in total. The second-order valence-corrected chi connectivity index (χ2v) is 7.97. The van der Waals surface area contributed by atoms with Crippen LogP contribution in [0.1, 0.15) is 43.3 Å². The average molecular weight is 529 g/mol. The molecule has 0 radical (unpaired) electrons. The largest absolute Gasteiger partial charge is 0.488 e. The number of aromatic nitrogens is 2. The maximum absolute atomic E-state index is 6.07. The molecule has 0 saturated heterocycles. The number of halogens is 1. The van der Waals surface area contributed by atoms with Crippen LogP contribution < -0.4 is 15.4 Å². The minimum atomic E-state index is -0.242. The predicted octanol–water partition coefficient (Wildman–Crippen LogP) is 3.81. The van der Waals surface area contributed by atoms with Gasteiger partial charge in [-0.1, -0.05) is 18.2 Å². The molecule has 1 aromatic carbocycles. The van der Waals surface area contributed by atoms with Crippen molar-refractivity contribution in [3.8, 4) is 5.75 Å². The molecule has 30 heavy (non-hydrogen) atoms. The lowest BCUT2D eigenvalue weighted by Gasteiger charge is -2.23. The standard InChI is InChI=1S/C22H35N5O2.HI/c1-16-19(17(2)27(26-16)12-13-28-7)15-25-21(23-6)24-14-18-10-8-9-11-20(18)29-22(3,4)5;/h8-11H,12-15H2,1-7H3,(H2,23,24,25);1H. The van der Waals surface area contributed by atoms with Crippen LogP contribution in [0, 0.1) is 13.8 Å². The molecule has 0 aliphatic rings. The predicted molar refractivity (Wildman–Crippen MR) is 133 cm³/mol. The molecule has 8 heteroatoms. The summed E-state index contributed by atoms with van der Waals surface area (Å²) in [7, 11) is 3.48. The van der Waals surface area contributed by atoms with Crippen LogP contribution in [-0.4, -0.2) is 42.1 Å². The van der Waals surface area contributed by atoms with Crippen LogP contribution in [0.4, 0.5) is 0 Å². The first kappa shape index (κ1) is 26.2. The van der Waals surface area contributed by atoms with E-state index in [1.807, 2.05) is 29.8 Å². The molecule has 2 rings (SSSR count). The van der Waals surface area contributed by atoms with Crippen LogP contribution in [0.2, 0.25) is 0 Å². The van der Waals surface area contributed by atoms with Gasteiger partial charge >= 0.3 is 0 Å². The Labute approximate surface area is 197 Å². The maximum atomic E-state index is 6.07. The van der Waals surface area contributed by atoms with Gasteiger partial charge in [0, 0.05) is 44.1 Å². The van der Waals surface area contributed by atoms with Gasteiger partial charge in [0.15, 0.2) is 5.96 Å². The summed E-state index contributed by atoms with van der Waals surface area (Å²) in [5, 5.41) is 11.4. The fourth-order valence-electron chi connectivity index (χ4n) is 3.04. The van der Waals surface area contributed by atoms with Crippen LogP contribution in [-0.2, 0) is 24.4 Å². The molecule has 168 valence electrons. The molecule has 2 N–H and O–H groups in total. The monoisotopic (exact) mass is 529 g/mol. The van der Waals surface area contributed by atoms with Crippen LogP contribution in [0.5, 0.6) is 5.75 Å². The van der Waals surface area contributed by atoms with Gasteiger partial charge in [0.1, 0.15) is 11.4 Å². The molecule has 0 spiro atoms. The molecule has 2 aromatic rings. The summed E-state index contributed by atoms with van der Waals surface area (Å²) in [5.74, 6) is 1.62. The van der Waals surface area contributed by atoms with Crippen molar-refractivity contribution in [3.63, 3.8) is 0 Å². The Balaban J connectivity index is 0.00000450. The first-order chi connectivity index (χ1) is 13.7. The number of para-hydroxylation sites is 1. The van der Waals surface area contributed by atoms with E-state index in [9.17, 15) is 0 Å². The topological polar surface area (TPSA) is 72.7 Å². The number of methoxy groups -OCH3 is 1. The van der Waals surface area contributed by atoms with E-state index in [1.165, 1.54) is 5.56 Å². The first-order valence-electron chi connectivity index (χ1n) is 9.98. The molecular weight excluding hydrogens is 493 g/mol. The van der Waals surface area contributed by atoms with E-state index in [-0.39, 0.29) is 29.6 Å². The number of nitrogens with zero attached hydrogens (tertiary/aromatic N) is 3. The molecule has 0 unspecified atom stereocenters. The minimum absolute atomic E-state index is 0. The van der Waals surface area contributed by atoms with Crippen molar-refractivity contribution in [1.29, 1.82) is 0 Å². The summed E-state index contributed by atoms with van der Waals surface area (Å²) in [6, 6.07) is 8.07.